The smallest absolute Gasteiger partial charge is 0.0271 e. The molecule has 0 aliphatic carbocycles. The van der Waals surface area contributed by atoms with Gasteiger partial charge in [0, 0.05) is 18.8 Å². The van der Waals surface area contributed by atoms with Crippen LogP contribution in [-0.2, 0) is 0 Å². The minimum atomic E-state index is 0.989. The molecular weight excluding hydrogens is 148 g/mol. The van der Waals surface area contributed by atoms with Gasteiger partial charge in [-0.3, -0.25) is 0 Å². The van der Waals surface area contributed by atoms with Crippen molar-refractivity contribution in [2.75, 3.05) is 27.2 Å². The molecule has 12 heavy (non-hydrogen) atoms. The molecule has 0 saturated carbocycles. The van der Waals surface area contributed by atoms with Crippen molar-refractivity contribution >= 4 is 0 Å². The van der Waals surface area contributed by atoms with Crippen molar-refractivity contribution in [2.24, 2.45) is 0 Å². The third-order valence-electron chi connectivity index (χ3n) is 1.43. The molecule has 0 aliphatic rings. The summed E-state index contributed by atoms with van der Waals surface area (Å²) in [5, 5.41) is 3.30. The zero-order valence-corrected chi connectivity index (χ0v) is 8.65. The molecule has 0 fully saturated rings. The van der Waals surface area contributed by atoms with E-state index in [2.05, 4.69) is 43.9 Å². The Hall–Kier alpha value is -0.760. The van der Waals surface area contributed by atoms with Crippen LogP contribution >= 0.6 is 0 Å². The van der Waals surface area contributed by atoms with Gasteiger partial charge >= 0.3 is 0 Å². The maximum Gasteiger partial charge on any atom is 0.0271 e. The molecule has 0 heterocycles. The molecule has 0 atom stereocenters. The second-order valence-corrected chi connectivity index (χ2v) is 3.40. The van der Waals surface area contributed by atoms with E-state index in [-0.39, 0.29) is 0 Å². The van der Waals surface area contributed by atoms with E-state index in [1.165, 1.54) is 5.70 Å². The molecule has 0 rings (SSSR count). The van der Waals surface area contributed by atoms with E-state index in [1.54, 1.807) is 0 Å². The fourth-order valence-electron chi connectivity index (χ4n) is 0.897. The quantitative estimate of drug-likeness (QED) is 0.627. The van der Waals surface area contributed by atoms with Gasteiger partial charge in [-0.1, -0.05) is 12.2 Å². The number of allylic oxidation sites excluding steroid dienone is 3. The Balaban J connectivity index is 3.57. The summed E-state index contributed by atoms with van der Waals surface area (Å²) in [6, 6.07) is 0. The predicted molar refractivity (Wildman–Crippen MR) is 55.1 cm³/mol. The predicted octanol–water partition coefficient (Wildman–Crippen LogP) is 1.62. The first kappa shape index (κ1) is 11.2. The van der Waals surface area contributed by atoms with Gasteiger partial charge in [0.1, 0.15) is 0 Å². The molecule has 0 unspecified atom stereocenters. The first-order valence-electron chi connectivity index (χ1n) is 4.25. The van der Waals surface area contributed by atoms with Crippen LogP contribution in [0, 0.1) is 0 Å². The lowest BCUT2D eigenvalue weighted by atomic mass is 10.3. The van der Waals surface area contributed by atoms with Crippen LogP contribution in [0.4, 0.5) is 0 Å². The molecule has 0 radical (unpaired) electrons. The van der Waals surface area contributed by atoms with E-state index in [4.69, 9.17) is 0 Å². The van der Waals surface area contributed by atoms with Crippen LogP contribution in [-0.4, -0.2) is 32.1 Å². The Morgan fingerprint density at radius 2 is 2.00 bits per heavy atom. The van der Waals surface area contributed by atoms with Gasteiger partial charge < -0.3 is 10.2 Å². The van der Waals surface area contributed by atoms with Crippen LogP contribution in [0.1, 0.15) is 13.8 Å². The molecule has 2 heteroatoms. The lowest BCUT2D eigenvalue weighted by Crippen LogP contribution is -2.25. The number of likely N-dealkylation sites (N-methyl/N-ethyl adjacent to an activating group) is 1. The Bertz CT molecular complexity index is 169. The zero-order valence-electron chi connectivity index (χ0n) is 8.65. The van der Waals surface area contributed by atoms with E-state index in [0.717, 1.165) is 18.7 Å². The summed E-state index contributed by atoms with van der Waals surface area (Å²) in [7, 11) is 4.14. The highest BCUT2D eigenvalue weighted by atomic mass is 15.1. The van der Waals surface area contributed by atoms with Crippen molar-refractivity contribution in [1.29, 1.82) is 0 Å². The zero-order chi connectivity index (χ0) is 9.56. The van der Waals surface area contributed by atoms with E-state index < -0.39 is 0 Å². The molecule has 0 bridgehead atoms. The third kappa shape index (κ3) is 7.35. The topological polar surface area (TPSA) is 15.3 Å². The third-order valence-corrected chi connectivity index (χ3v) is 1.43. The Kier molecular flexibility index (Phi) is 5.47. The second-order valence-electron chi connectivity index (χ2n) is 3.40. The first-order chi connectivity index (χ1) is 5.52. The number of rotatable bonds is 5. The van der Waals surface area contributed by atoms with Crippen LogP contribution in [0.2, 0.25) is 0 Å². The van der Waals surface area contributed by atoms with Gasteiger partial charge in [-0.05, 0) is 34.0 Å². The summed E-state index contributed by atoms with van der Waals surface area (Å²) in [4.78, 5) is 2.15. The maximum atomic E-state index is 3.81. The largest absolute Gasteiger partial charge is 0.387 e. The summed E-state index contributed by atoms with van der Waals surface area (Å²) >= 11 is 0. The van der Waals surface area contributed by atoms with Gasteiger partial charge in [-0.15, -0.1) is 0 Å². The number of nitrogens with one attached hydrogen (secondary N) is 1. The van der Waals surface area contributed by atoms with Crippen LogP contribution in [0.25, 0.3) is 0 Å². The molecular formula is C10H20N2. The Morgan fingerprint density at radius 1 is 1.42 bits per heavy atom. The average Bonchev–Trinajstić information content (AvgIpc) is 1.84. The van der Waals surface area contributed by atoms with Gasteiger partial charge in [-0.25, -0.2) is 0 Å². The van der Waals surface area contributed by atoms with Gasteiger partial charge in [0.15, 0.2) is 0 Å². The molecule has 1 N–H and O–H groups in total. The van der Waals surface area contributed by atoms with Crippen molar-refractivity contribution < 1.29 is 0 Å². The first-order valence-corrected chi connectivity index (χ1v) is 4.25. The molecule has 2 nitrogen and oxygen atoms in total. The number of hydrogen-bond acceptors (Lipinski definition) is 2. The van der Waals surface area contributed by atoms with Crippen molar-refractivity contribution in [3.05, 3.63) is 23.9 Å². The minimum absolute atomic E-state index is 0.989. The monoisotopic (exact) mass is 168 g/mol. The summed E-state index contributed by atoms with van der Waals surface area (Å²) < 4.78 is 0. The summed E-state index contributed by atoms with van der Waals surface area (Å²) in [6.07, 6.45) is 2.05. The highest BCUT2D eigenvalue weighted by Crippen LogP contribution is 1.94. The molecule has 0 aliphatic heterocycles. The molecule has 70 valence electrons. The highest BCUT2D eigenvalue weighted by Gasteiger charge is 1.90. The SMILES string of the molecule is C=C(C)/C=C(\C)NCCN(C)C. The second kappa shape index (κ2) is 5.84. The van der Waals surface area contributed by atoms with Crippen molar-refractivity contribution in [3.8, 4) is 0 Å². The van der Waals surface area contributed by atoms with Crippen LogP contribution in [0.5, 0.6) is 0 Å². The Labute approximate surface area is 76.0 Å². The number of nitrogens with zero attached hydrogens (tertiary/aromatic N) is 1. The Morgan fingerprint density at radius 3 is 2.42 bits per heavy atom. The van der Waals surface area contributed by atoms with Crippen LogP contribution in [0.3, 0.4) is 0 Å². The van der Waals surface area contributed by atoms with Crippen molar-refractivity contribution in [1.82, 2.24) is 10.2 Å². The fraction of sp³-hybridized carbons (Fsp3) is 0.600. The normalized spacial score (nSPS) is 11.9. The molecule has 0 aromatic rings. The summed E-state index contributed by atoms with van der Waals surface area (Å²) in [6.45, 7) is 9.91. The molecule has 0 saturated heterocycles. The van der Waals surface area contributed by atoms with Gasteiger partial charge in [0.2, 0.25) is 0 Å². The number of hydrogen-bond donors (Lipinski definition) is 1. The van der Waals surface area contributed by atoms with Gasteiger partial charge in [0.25, 0.3) is 0 Å². The van der Waals surface area contributed by atoms with Crippen molar-refractivity contribution in [2.45, 2.75) is 13.8 Å². The molecule has 0 aromatic heterocycles. The van der Waals surface area contributed by atoms with Crippen LogP contribution in [0.15, 0.2) is 23.9 Å². The van der Waals surface area contributed by atoms with E-state index >= 15 is 0 Å². The summed E-state index contributed by atoms with van der Waals surface area (Å²) in [5.74, 6) is 0. The highest BCUT2D eigenvalue weighted by molar-refractivity contribution is 5.15. The van der Waals surface area contributed by atoms with Crippen LogP contribution < -0.4 is 5.32 Å². The van der Waals surface area contributed by atoms with E-state index in [9.17, 15) is 0 Å². The molecule has 0 amide bonds. The lowest BCUT2D eigenvalue weighted by molar-refractivity contribution is 0.408. The summed E-state index contributed by atoms with van der Waals surface area (Å²) in [5.41, 5.74) is 2.27. The van der Waals surface area contributed by atoms with Gasteiger partial charge in [0.05, 0.1) is 0 Å². The fourth-order valence-corrected chi connectivity index (χ4v) is 0.897. The van der Waals surface area contributed by atoms with E-state index in [1.807, 2.05) is 6.92 Å². The van der Waals surface area contributed by atoms with Crippen molar-refractivity contribution in [3.63, 3.8) is 0 Å². The average molecular weight is 168 g/mol. The van der Waals surface area contributed by atoms with E-state index in [0.29, 0.717) is 0 Å². The molecule has 0 spiro atoms. The van der Waals surface area contributed by atoms with Gasteiger partial charge in [-0.2, -0.15) is 0 Å². The lowest BCUT2D eigenvalue weighted by Gasteiger charge is -2.11. The minimum Gasteiger partial charge on any atom is -0.387 e. The maximum absolute atomic E-state index is 3.81. The molecule has 0 aromatic carbocycles. The standard InChI is InChI=1S/C10H20N2/c1-9(2)8-10(3)11-6-7-12(4)5/h8,11H,1,6-7H2,2-5H3/b10-8+.